The van der Waals surface area contributed by atoms with Crippen molar-refractivity contribution in [1.82, 2.24) is 0 Å². The lowest BCUT2D eigenvalue weighted by molar-refractivity contribution is 0.0495. The summed E-state index contributed by atoms with van der Waals surface area (Å²) in [6.07, 6.45) is 7.41. The smallest absolute Gasteiger partial charge is 0.351 e. The van der Waals surface area contributed by atoms with Crippen LogP contribution < -0.4 is 15.1 Å². The maximum absolute atomic E-state index is 12.5. The van der Waals surface area contributed by atoms with Crippen molar-refractivity contribution < 1.29 is 28.2 Å². The molecule has 0 spiro atoms. The Labute approximate surface area is 205 Å². The summed E-state index contributed by atoms with van der Waals surface area (Å²) in [5.74, 6) is -0.340. The van der Waals surface area contributed by atoms with Gasteiger partial charge < -0.3 is 18.6 Å². The molecule has 7 heteroatoms. The second-order valence-electron chi connectivity index (χ2n) is 8.31. The zero-order valence-electron chi connectivity index (χ0n) is 20.3. The van der Waals surface area contributed by atoms with E-state index < -0.39 is 17.6 Å². The fourth-order valence-corrected chi connectivity index (χ4v) is 3.43. The molecule has 0 unspecified atom stereocenters. The Kier molecular flexibility index (Phi) is 9.90. The topological polar surface area (TPSA) is 92.0 Å². The second-order valence-corrected chi connectivity index (χ2v) is 8.31. The van der Waals surface area contributed by atoms with Crippen LogP contribution in [0.2, 0.25) is 0 Å². The van der Waals surface area contributed by atoms with Crippen LogP contribution in [0.1, 0.15) is 79.5 Å². The van der Waals surface area contributed by atoms with Gasteiger partial charge in [-0.05, 0) is 55.3 Å². The van der Waals surface area contributed by atoms with Crippen LogP contribution in [0.15, 0.2) is 57.7 Å². The van der Waals surface area contributed by atoms with Gasteiger partial charge in [0, 0.05) is 11.5 Å². The summed E-state index contributed by atoms with van der Waals surface area (Å²) in [6.45, 7) is 5.05. The summed E-state index contributed by atoms with van der Waals surface area (Å²) >= 11 is 0. The van der Waals surface area contributed by atoms with Gasteiger partial charge in [0.2, 0.25) is 0 Å². The van der Waals surface area contributed by atoms with Gasteiger partial charge in [0.15, 0.2) is 0 Å². The Bertz CT molecular complexity index is 1180. The molecular weight excluding hydrogens is 448 g/mol. The van der Waals surface area contributed by atoms with E-state index >= 15 is 0 Å². The molecule has 1 heterocycles. The first kappa shape index (κ1) is 26.0. The third-order valence-electron chi connectivity index (χ3n) is 5.48. The minimum Gasteiger partial charge on any atom is -0.494 e. The maximum Gasteiger partial charge on any atom is 0.351 e. The van der Waals surface area contributed by atoms with Gasteiger partial charge in [-0.2, -0.15) is 0 Å². The van der Waals surface area contributed by atoms with Gasteiger partial charge in [-0.1, -0.05) is 46.0 Å². The van der Waals surface area contributed by atoms with Gasteiger partial charge >= 0.3 is 17.6 Å². The molecule has 0 saturated heterocycles. The average Bonchev–Trinajstić information content (AvgIpc) is 2.86. The lowest BCUT2D eigenvalue weighted by Crippen LogP contribution is -2.17. The van der Waals surface area contributed by atoms with Crippen molar-refractivity contribution in [2.45, 2.75) is 58.8 Å². The highest BCUT2D eigenvalue weighted by Crippen LogP contribution is 2.22. The fraction of sp³-hybridized carbons (Fsp3) is 0.393. The van der Waals surface area contributed by atoms with Gasteiger partial charge in [0.25, 0.3) is 0 Å². The summed E-state index contributed by atoms with van der Waals surface area (Å²) in [5, 5.41) is 0.517. The SMILES string of the molecule is CCCCCCCOc1ccc(C(=O)Oc2ccc3cc(C(=O)OCCCC)c(=O)oc3c2)cc1. The van der Waals surface area contributed by atoms with Gasteiger partial charge in [-0.3, -0.25) is 0 Å². The summed E-state index contributed by atoms with van der Waals surface area (Å²) in [7, 11) is 0. The summed E-state index contributed by atoms with van der Waals surface area (Å²) in [5.41, 5.74) is -0.398. The third kappa shape index (κ3) is 7.70. The van der Waals surface area contributed by atoms with Crippen molar-refractivity contribution in [3.63, 3.8) is 0 Å². The number of hydrogen-bond donors (Lipinski definition) is 0. The van der Waals surface area contributed by atoms with Crippen molar-refractivity contribution in [3.8, 4) is 11.5 Å². The first-order valence-electron chi connectivity index (χ1n) is 12.2. The number of esters is 2. The van der Waals surface area contributed by atoms with Crippen molar-refractivity contribution >= 4 is 22.9 Å². The molecule has 0 fully saturated rings. The lowest BCUT2D eigenvalue weighted by Gasteiger charge is -2.08. The van der Waals surface area contributed by atoms with E-state index in [1.165, 1.54) is 31.4 Å². The Hall–Kier alpha value is -3.61. The normalized spacial score (nSPS) is 10.8. The molecule has 7 nitrogen and oxygen atoms in total. The zero-order valence-corrected chi connectivity index (χ0v) is 20.3. The number of carbonyl (C=O) groups excluding carboxylic acids is 2. The van der Waals surface area contributed by atoms with Gasteiger partial charge in [-0.25, -0.2) is 14.4 Å². The van der Waals surface area contributed by atoms with Crippen LogP contribution in [0, 0.1) is 0 Å². The van der Waals surface area contributed by atoms with E-state index in [9.17, 15) is 14.4 Å². The Morgan fingerprint density at radius 2 is 1.49 bits per heavy atom. The quantitative estimate of drug-likeness (QED) is 0.122. The van der Waals surface area contributed by atoms with Crippen LogP contribution in [0.5, 0.6) is 11.5 Å². The van der Waals surface area contributed by atoms with Crippen molar-refractivity contribution in [1.29, 1.82) is 0 Å². The number of hydrogen-bond acceptors (Lipinski definition) is 7. The summed E-state index contributed by atoms with van der Waals surface area (Å²) in [6, 6.07) is 12.8. The molecule has 1 aromatic heterocycles. The largest absolute Gasteiger partial charge is 0.494 e. The van der Waals surface area contributed by atoms with Gasteiger partial charge in [-0.15, -0.1) is 0 Å². The highest BCUT2D eigenvalue weighted by Gasteiger charge is 2.16. The van der Waals surface area contributed by atoms with Crippen molar-refractivity contribution in [2.24, 2.45) is 0 Å². The average molecular weight is 481 g/mol. The van der Waals surface area contributed by atoms with Crippen molar-refractivity contribution in [2.75, 3.05) is 13.2 Å². The highest BCUT2D eigenvalue weighted by molar-refractivity contribution is 5.94. The van der Waals surface area contributed by atoms with Crippen LogP contribution in [0.3, 0.4) is 0 Å². The molecule has 186 valence electrons. The molecule has 0 radical (unpaired) electrons. The van der Waals surface area contributed by atoms with Gasteiger partial charge in [0.1, 0.15) is 22.6 Å². The molecule has 0 aliphatic rings. The monoisotopic (exact) mass is 480 g/mol. The maximum atomic E-state index is 12.5. The highest BCUT2D eigenvalue weighted by atomic mass is 16.5. The minimum atomic E-state index is -0.802. The standard InChI is InChI=1S/C28H32O7/c1-3-5-7-8-9-17-32-22-13-10-20(11-14-22)26(29)34-23-15-12-21-18-24(27(30)33-16-6-4-2)28(31)35-25(21)19-23/h10-15,18-19H,3-9,16-17H2,1-2H3. The first-order chi connectivity index (χ1) is 17.0. The molecule has 3 rings (SSSR count). The number of unbranched alkanes of at least 4 members (excludes halogenated alkanes) is 5. The number of benzene rings is 2. The van der Waals surface area contributed by atoms with E-state index in [1.807, 2.05) is 6.92 Å². The minimum absolute atomic E-state index is 0.165. The molecule has 0 amide bonds. The number of ether oxygens (including phenoxy) is 3. The summed E-state index contributed by atoms with van der Waals surface area (Å²) < 4.78 is 21.5. The molecule has 0 bridgehead atoms. The Balaban J connectivity index is 1.59. The third-order valence-corrected chi connectivity index (χ3v) is 5.48. The Morgan fingerprint density at radius 1 is 0.771 bits per heavy atom. The van der Waals surface area contributed by atoms with E-state index in [-0.39, 0.29) is 23.5 Å². The van der Waals surface area contributed by atoms with Crippen LogP contribution in [0.4, 0.5) is 0 Å². The van der Waals surface area contributed by atoms with Crippen LogP contribution in [0.25, 0.3) is 11.0 Å². The number of rotatable bonds is 13. The van der Waals surface area contributed by atoms with E-state index in [0.717, 1.165) is 19.3 Å². The van der Waals surface area contributed by atoms with Crippen LogP contribution in [-0.4, -0.2) is 25.2 Å². The molecule has 0 saturated carbocycles. The zero-order chi connectivity index (χ0) is 25.0. The second kappa shape index (κ2) is 13.3. The predicted molar refractivity (Wildman–Crippen MR) is 133 cm³/mol. The number of fused-ring (bicyclic) bond motifs is 1. The van der Waals surface area contributed by atoms with Gasteiger partial charge in [0.05, 0.1) is 18.8 Å². The molecule has 0 aliphatic carbocycles. The Morgan fingerprint density at radius 3 is 2.23 bits per heavy atom. The van der Waals surface area contributed by atoms with E-state index in [1.54, 1.807) is 36.4 Å². The van der Waals surface area contributed by atoms with E-state index in [2.05, 4.69) is 6.92 Å². The molecule has 0 atom stereocenters. The predicted octanol–water partition coefficient (Wildman–Crippen LogP) is 6.32. The summed E-state index contributed by atoms with van der Waals surface area (Å²) in [4.78, 5) is 36.9. The lowest BCUT2D eigenvalue weighted by atomic mass is 10.1. The van der Waals surface area contributed by atoms with E-state index in [4.69, 9.17) is 18.6 Å². The molecule has 0 N–H and O–H groups in total. The molecule has 2 aromatic carbocycles. The molecular formula is C28H32O7. The van der Waals surface area contributed by atoms with Crippen LogP contribution in [-0.2, 0) is 4.74 Å². The fourth-order valence-electron chi connectivity index (χ4n) is 3.43. The number of carbonyl (C=O) groups is 2. The molecule has 35 heavy (non-hydrogen) atoms. The van der Waals surface area contributed by atoms with Crippen LogP contribution >= 0.6 is 0 Å². The molecule has 0 aliphatic heterocycles. The van der Waals surface area contributed by atoms with Crippen molar-refractivity contribution in [3.05, 3.63) is 70.1 Å². The first-order valence-corrected chi connectivity index (χ1v) is 12.2. The molecule has 3 aromatic rings. The van der Waals surface area contributed by atoms with E-state index in [0.29, 0.717) is 29.7 Å².